The fourth-order valence-electron chi connectivity index (χ4n) is 2.49. The van der Waals surface area contributed by atoms with Gasteiger partial charge in [0.1, 0.15) is 12.4 Å². The van der Waals surface area contributed by atoms with Gasteiger partial charge in [0, 0.05) is 17.2 Å². The van der Waals surface area contributed by atoms with Gasteiger partial charge in [-0.25, -0.2) is 4.98 Å². The first-order valence-electron chi connectivity index (χ1n) is 6.94. The molecule has 0 aliphatic carbocycles. The highest BCUT2D eigenvalue weighted by atomic mass is 35.5. The molecule has 23 heavy (non-hydrogen) atoms. The molecule has 6 heteroatoms. The van der Waals surface area contributed by atoms with Gasteiger partial charge in [0.05, 0.1) is 29.2 Å². The molecule has 0 spiro atoms. The summed E-state index contributed by atoms with van der Waals surface area (Å²) < 4.78 is 7.24. The van der Waals surface area contributed by atoms with Crippen LogP contribution in [0.2, 0.25) is 10.0 Å². The molecule has 0 radical (unpaired) electrons. The predicted molar refractivity (Wildman–Crippen MR) is 90.7 cm³/mol. The van der Waals surface area contributed by atoms with E-state index in [0.717, 1.165) is 22.4 Å². The average molecular weight is 346 g/mol. The number of imidazole rings is 1. The lowest BCUT2D eigenvalue weighted by Crippen LogP contribution is -2.06. The van der Waals surface area contributed by atoms with Gasteiger partial charge in [0.2, 0.25) is 0 Å². The Morgan fingerprint density at radius 1 is 1.22 bits per heavy atom. The van der Waals surface area contributed by atoms with Crippen LogP contribution >= 0.6 is 23.2 Å². The Labute approximate surface area is 143 Å². The minimum atomic E-state index is 0.370. The van der Waals surface area contributed by atoms with Crippen LogP contribution in [-0.4, -0.2) is 16.7 Å². The number of rotatable bonds is 4. The number of methoxy groups -OCH3 is 1. The molecule has 0 saturated heterocycles. The maximum Gasteiger partial charge on any atom is 0.136 e. The largest absolute Gasteiger partial charge is 0.377 e. The van der Waals surface area contributed by atoms with Crippen molar-refractivity contribution in [2.45, 2.75) is 13.2 Å². The third kappa shape index (κ3) is 3.18. The van der Waals surface area contributed by atoms with E-state index in [0.29, 0.717) is 28.8 Å². The van der Waals surface area contributed by atoms with E-state index in [1.54, 1.807) is 25.3 Å². The molecule has 0 bridgehead atoms. The van der Waals surface area contributed by atoms with Crippen LogP contribution in [0, 0.1) is 11.3 Å². The minimum Gasteiger partial charge on any atom is -0.377 e. The van der Waals surface area contributed by atoms with E-state index in [2.05, 4.69) is 11.1 Å². The summed E-state index contributed by atoms with van der Waals surface area (Å²) in [5.74, 6) is 0.772. The van der Waals surface area contributed by atoms with Gasteiger partial charge in [0.25, 0.3) is 0 Å². The Hall–Kier alpha value is -2.06. The molecular weight excluding hydrogens is 333 g/mol. The maximum absolute atomic E-state index is 9.13. The van der Waals surface area contributed by atoms with Gasteiger partial charge in [-0.05, 0) is 42.0 Å². The number of benzene rings is 2. The first-order valence-corrected chi connectivity index (χ1v) is 7.70. The summed E-state index contributed by atoms with van der Waals surface area (Å²) in [6.45, 7) is 0.873. The second-order valence-corrected chi connectivity index (χ2v) is 5.94. The predicted octanol–water partition coefficient (Wildman–Crippen LogP) is 4.41. The summed E-state index contributed by atoms with van der Waals surface area (Å²) in [4.78, 5) is 4.58. The monoisotopic (exact) mass is 345 g/mol. The Bertz CT molecular complexity index is 912. The Morgan fingerprint density at radius 3 is 2.78 bits per heavy atom. The highest BCUT2D eigenvalue weighted by Gasteiger charge is 2.13. The quantitative estimate of drug-likeness (QED) is 0.703. The third-order valence-electron chi connectivity index (χ3n) is 3.57. The van der Waals surface area contributed by atoms with E-state index >= 15 is 0 Å². The van der Waals surface area contributed by atoms with Gasteiger partial charge in [-0.1, -0.05) is 23.2 Å². The van der Waals surface area contributed by atoms with Crippen molar-refractivity contribution in [3.63, 3.8) is 0 Å². The highest BCUT2D eigenvalue weighted by molar-refractivity contribution is 6.33. The van der Waals surface area contributed by atoms with Gasteiger partial charge >= 0.3 is 0 Å². The number of hydrogen-bond acceptors (Lipinski definition) is 3. The molecule has 0 aliphatic rings. The van der Waals surface area contributed by atoms with E-state index in [4.69, 9.17) is 33.2 Å². The SMILES string of the molecule is COCc1nc2ccc(C#N)cc2n1Cc1cc(Cl)ccc1Cl. The summed E-state index contributed by atoms with van der Waals surface area (Å²) in [5.41, 5.74) is 3.15. The van der Waals surface area contributed by atoms with Crippen LogP contribution in [0.25, 0.3) is 11.0 Å². The molecular formula is C17H13Cl2N3O. The maximum atomic E-state index is 9.13. The van der Waals surface area contributed by atoms with Crippen LogP contribution in [0.4, 0.5) is 0 Å². The van der Waals surface area contributed by atoms with Crippen molar-refractivity contribution in [1.82, 2.24) is 9.55 Å². The molecule has 116 valence electrons. The average Bonchev–Trinajstić information content (AvgIpc) is 2.88. The molecule has 1 heterocycles. The number of hydrogen-bond donors (Lipinski definition) is 0. The van der Waals surface area contributed by atoms with Crippen LogP contribution in [-0.2, 0) is 17.9 Å². The number of fused-ring (bicyclic) bond motifs is 1. The van der Waals surface area contributed by atoms with Crippen LogP contribution < -0.4 is 0 Å². The molecule has 0 N–H and O–H groups in total. The summed E-state index contributed by atoms with van der Waals surface area (Å²) in [6.07, 6.45) is 0. The van der Waals surface area contributed by atoms with Crippen LogP contribution in [0.1, 0.15) is 17.0 Å². The first-order chi connectivity index (χ1) is 11.1. The van der Waals surface area contributed by atoms with Gasteiger partial charge in [-0.2, -0.15) is 5.26 Å². The standard InChI is InChI=1S/C17H13Cl2N3O/c1-23-10-17-21-15-5-2-11(8-20)6-16(15)22(17)9-12-7-13(18)3-4-14(12)19/h2-7H,9-10H2,1H3. The Balaban J connectivity index is 2.15. The fraction of sp³-hybridized carbons (Fsp3) is 0.176. The van der Waals surface area contributed by atoms with Gasteiger partial charge in [-0.3, -0.25) is 0 Å². The second-order valence-electron chi connectivity index (χ2n) is 5.10. The first kappa shape index (κ1) is 15.8. The van der Waals surface area contributed by atoms with Crippen LogP contribution in [0.15, 0.2) is 36.4 Å². The van der Waals surface area contributed by atoms with Crippen LogP contribution in [0.5, 0.6) is 0 Å². The Morgan fingerprint density at radius 2 is 2.04 bits per heavy atom. The highest BCUT2D eigenvalue weighted by Crippen LogP contribution is 2.25. The number of aromatic nitrogens is 2. The molecule has 0 atom stereocenters. The topological polar surface area (TPSA) is 50.8 Å². The molecule has 0 amide bonds. The normalized spacial score (nSPS) is 10.9. The molecule has 3 rings (SSSR count). The number of halogens is 2. The van der Waals surface area contributed by atoms with Gasteiger partial charge < -0.3 is 9.30 Å². The van der Waals surface area contributed by atoms with E-state index in [-0.39, 0.29) is 0 Å². The molecule has 0 unspecified atom stereocenters. The molecule has 2 aromatic carbocycles. The molecule has 4 nitrogen and oxygen atoms in total. The zero-order chi connectivity index (χ0) is 16.4. The molecule has 0 fully saturated rings. The molecule has 3 aromatic rings. The van der Waals surface area contributed by atoms with Crippen molar-refractivity contribution in [3.8, 4) is 6.07 Å². The minimum absolute atomic E-state index is 0.370. The zero-order valence-electron chi connectivity index (χ0n) is 12.4. The number of nitrogens with zero attached hydrogens (tertiary/aromatic N) is 3. The Kier molecular flexibility index (Phi) is 4.53. The fourth-order valence-corrected chi connectivity index (χ4v) is 2.86. The lowest BCUT2D eigenvalue weighted by molar-refractivity contribution is 0.175. The van der Waals surface area contributed by atoms with E-state index < -0.39 is 0 Å². The lowest BCUT2D eigenvalue weighted by Gasteiger charge is -2.11. The van der Waals surface area contributed by atoms with E-state index in [1.807, 2.05) is 22.8 Å². The summed E-state index contributed by atoms with van der Waals surface area (Å²) in [6, 6.07) is 12.9. The van der Waals surface area contributed by atoms with Gasteiger partial charge in [-0.15, -0.1) is 0 Å². The zero-order valence-corrected chi connectivity index (χ0v) is 13.9. The smallest absolute Gasteiger partial charge is 0.136 e. The summed E-state index contributed by atoms with van der Waals surface area (Å²) >= 11 is 12.3. The lowest BCUT2D eigenvalue weighted by atomic mass is 10.2. The second kappa shape index (κ2) is 6.59. The van der Waals surface area contributed by atoms with Crippen molar-refractivity contribution in [1.29, 1.82) is 5.26 Å². The summed E-state index contributed by atoms with van der Waals surface area (Å²) in [5, 5.41) is 10.4. The van der Waals surface area contributed by atoms with Crippen LogP contribution in [0.3, 0.4) is 0 Å². The molecule has 0 saturated carbocycles. The summed E-state index contributed by atoms with van der Waals surface area (Å²) in [7, 11) is 1.62. The van der Waals surface area contributed by atoms with Crippen molar-refractivity contribution >= 4 is 34.2 Å². The third-order valence-corrected chi connectivity index (χ3v) is 4.17. The van der Waals surface area contributed by atoms with Crippen molar-refractivity contribution < 1.29 is 4.74 Å². The van der Waals surface area contributed by atoms with Gasteiger partial charge in [0.15, 0.2) is 0 Å². The van der Waals surface area contributed by atoms with Crippen molar-refractivity contribution in [3.05, 3.63) is 63.4 Å². The van der Waals surface area contributed by atoms with Crippen molar-refractivity contribution in [2.24, 2.45) is 0 Å². The van der Waals surface area contributed by atoms with E-state index in [9.17, 15) is 0 Å². The molecule has 0 aliphatic heterocycles. The van der Waals surface area contributed by atoms with E-state index in [1.165, 1.54) is 0 Å². The van der Waals surface area contributed by atoms with Crippen molar-refractivity contribution in [2.75, 3.05) is 7.11 Å². The number of nitriles is 1. The number of ether oxygens (including phenoxy) is 1. The molecule has 1 aromatic heterocycles.